The summed E-state index contributed by atoms with van der Waals surface area (Å²) in [6.45, 7) is 3.74. The number of ether oxygens (including phenoxy) is 1. The third kappa shape index (κ3) is 5.65. The van der Waals surface area contributed by atoms with Crippen LogP contribution in [0.5, 0.6) is 5.75 Å². The zero-order valence-corrected chi connectivity index (χ0v) is 16.4. The first-order chi connectivity index (χ1) is 13.5. The molecule has 0 radical (unpaired) electrons. The molecule has 0 aliphatic carbocycles. The van der Waals surface area contributed by atoms with Gasteiger partial charge >= 0.3 is 0 Å². The molecule has 2 N–H and O–H groups in total. The molecule has 0 aliphatic rings. The van der Waals surface area contributed by atoms with Crippen molar-refractivity contribution in [1.29, 1.82) is 0 Å². The minimum Gasteiger partial charge on any atom is -0.484 e. The van der Waals surface area contributed by atoms with Crippen LogP contribution in [0.2, 0.25) is 0 Å². The molecule has 0 saturated heterocycles. The predicted molar refractivity (Wildman–Crippen MR) is 106 cm³/mol. The Morgan fingerprint density at radius 3 is 2.75 bits per heavy atom. The molecule has 0 spiro atoms. The molecule has 8 nitrogen and oxygen atoms in total. The number of aromatic nitrogens is 3. The highest BCUT2D eigenvalue weighted by Gasteiger charge is 2.13. The van der Waals surface area contributed by atoms with Crippen LogP contribution >= 0.6 is 11.3 Å². The summed E-state index contributed by atoms with van der Waals surface area (Å²) in [5.41, 5.74) is 1.33. The Balaban J connectivity index is 1.45. The second-order valence-corrected chi connectivity index (χ2v) is 7.22. The van der Waals surface area contributed by atoms with E-state index in [0.29, 0.717) is 11.4 Å². The molecule has 0 bridgehead atoms. The SMILES string of the molecule is Cc1nc([C@H](C)NC(=O)Cn2cc(NC(=O)COc3ccccc3)cn2)cs1. The third-order valence-corrected chi connectivity index (χ3v) is 4.59. The van der Waals surface area contributed by atoms with Gasteiger partial charge in [-0.05, 0) is 26.0 Å². The Bertz CT molecular complexity index is 938. The van der Waals surface area contributed by atoms with Gasteiger partial charge in [-0.1, -0.05) is 18.2 Å². The topological polar surface area (TPSA) is 98.1 Å². The number of hydrogen-bond acceptors (Lipinski definition) is 6. The van der Waals surface area contributed by atoms with Crippen molar-refractivity contribution < 1.29 is 14.3 Å². The van der Waals surface area contributed by atoms with E-state index in [4.69, 9.17) is 4.74 Å². The average molecular weight is 399 g/mol. The maximum absolute atomic E-state index is 12.2. The summed E-state index contributed by atoms with van der Waals surface area (Å²) in [5, 5.41) is 12.6. The van der Waals surface area contributed by atoms with Gasteiger partial charge in [-0.3, -0.25) is 14.3 Å². The summed E-state index contributed by atoms with van der Waals surface area (Å²) in [6, 6.07) is 8.91. The molecule has 0 fully saturated rings. The normalized spacial score (nSPS) is 11.6. The van der Waals surface area contributed by atoms with Crippen molar-refractivity contribution in [2.75, 3.05) is 11.9 Å². The van der Waals surface area contributed by atoms with Crippen LogP contribution in [-0.2, 0) is 16.1 Å². The van der Waals surface area contributed by atoms with E-state index >= 15 is 0 Å². The number of rotatable bonds is 8. The average Bonchev–Trinajstić information content (AvgIpc) is 3.29. The van der Waals surface area contributed by atoms with Crippen molar-refractivity contribution >= 4 is 28.8 Å². The van der Waals surface area contributed by atoms with E-state index in [1.165, 1.54) is 10.9 Å². The number of amides is 2. The number of carbonyl (C=O) groups excluding carboxylic acids is 2. The van der Waals surface area contributed by atoms with Crippen molar-refractivity contribution in [2.45, 2.75) is 26.4 Å². The molecule has 146 valence electrons. The molecule has 3 rings (SSSR count). The van der Waals surface area contributed by atoms with Gasteiger partial charge in [0.1, 0.15) is 12.3 Å². The molecule has 3 aromatic rings. The van der Waals surface area contributed by atoms with Crippen LogP contribution in [0.25, 0.3) is 0 Å². The molecular formula is C19H21N5O3S. The summed E-state index contributed by atoms with van der Waals surface area (Å²) < 4.78 is 6.85. The van der Waals surface area contributed by atoms with Crippen molar-refractivity contribution in [3.63, 3.8) is 0 Å². The maximum atomic E-state index is 12.2. The Labute approximate surface area is 166 Å². The van der Waals surface area contributed by atoms with Crippen molar-refractivity contribution in [3.8, 4) is 5.75 Å². The highest BCUT2D eigenvalue weighted by molar-refractivity contribution is 7.09. The maximum Gasteiger partial charge on any atom is 0.262 e. The molecular weight excluding hydrogens is 378 g/mol. The van der Waals surface area contributed by atoms with E-state index in [2.05, 4.69) is 20.7 Å². The van der Waals surface area contributed by atoms with Crippen LogP contribution in [0.1, 0.15) is 23.7 Å². The molecule has 28 heavy (non-hydrogen) atoms. The highest BCUT2D eigenvalue weighted by atomic mass is 32.1. The lowest BCUT2D eigenvalue weighted by atomic mass is 10.2. The van der Waals surface area contributed by atoms with E-state index in [9.17, 15) is 9.59 Å². The Kier molecular flexibility index (Phi) is 6.38. The van der Waals surface area contributed by atoms with E-state index < -0.39 is 0 Å². The van der Waals surface area contributed by atoms with Gasteiger partial charge in [0.2, 0.25) is 5.91 Å². The molecule has 9 heteroatoms. The Hall–Kier alpha value is -3.20. The lowest BCUT2D eigenvalue weighted by Crippen LogP contribution is -2.30. The zero-order valence-electron chi connectivity index (χ0n) is 15.6. The van der Waals surface area contributed by atoms with Crippen LogP contribution in [-0.4, -0.2) is 33.2 Å². The Morgan fingerprint density at radius 1 is 1.25 bits per heavy atom. The van der Waals surface area contributed by atoms with E-state index in [1.54, 1.807) is 29.7 Å². The summed E-state index contributed by atoms with van der Waals surface area (Å²) in [6.07, 6.45) is 3.08. The quantitative estimate of drug-likeness (QED) is 0.607. The van der Waals surface area contributed by atoms with Crippen molar-refractivity contribution in [2.24, 2.45) is 0 Å². The van der Waals surface area contributed by atoms with Gasteiger partial charge in [0, 0.05) is 11.6 Å². The molecule has 2 aromatic heterocycles. The van der Waals surface area contributed by atoms with Crippen LogP contribution in [0, 0.1) is 6.92 Å². The van der Waals surface area contributed by atoms with Gasteiger partial charge in [0.25, 0.3) is 5.91 Å². The molecule has 1 atom stereocenters. The number of nitrogens with one attached hydrogen (secondary N) is 2. The summed E-state index contributed by atoms with van der Waals surface area (Å²) in [5.74, 6) is 0.126. The summed E-state index contributed by atoms with van der Waals surface area (Å²) >= 11 is 1.54. The van der Waals surface area contributed by atoms with Gasteiger partial charge in [0.05, 0.1) is 28.6 Å². The molecule has 0 saturated carbocycles. The highest BCUT2D eigenvalue weighted by Crippen LogP contribution is 2.15. The van der Waals surface area contributed by atoms with Crippen LogP contribution in [0.3, 0.4) is 0 Å². The van der Waals surface area contributed by atoms with Gasteiger partial charge in [-0.2, -0.15) is 5.10 Å². The molecule has 2 heterocycles. The fourth-order valence-corrected chi connectivity index (χ4v) is 3.17. The summed E-state index contributed by atoms with van der Waals surface area (Å²) in [4.78, 5) is 28.5. The minimum absolute atomic E-state index is 0.0455. The number of hydrogen-bond donors (Lipinski definition) is 2. The lowest BCUT2D eigenvalue weighted by molar-refractivity contribution is -0.122. The van der Waals surface area contributed by atoms with E-state index in [-0.39, 0.29) is 31.0 Å². The first-order valence-electron chi connectivity index (χ1n) is 8.71. The van der Waals surface area contributed by atoms with Gasteiger partial charge < -0.3 is 15.4 Å². The van der Waals surface area contributed by atoms with Gasteiger partial charge in [-0.25, -0.2) is 4.98 Å². The standard InChI is InChI=1S/C19H21N5O3S/c1-13(17-12-28-14(2)22-17)21-18(25)10-24-9-15(8-20-24)23-19(26)11-27-16-6-4-3-5-7-16/h3-9,12-13H,10-11H2,1-2H3,(H,21,25)(H,23,26)/t13-/m0/s1. The smallest absolute Gasteiger partial charge is 0.262 e. The number of anilines is 1. The van der Waals surface area contributed by atoms with E-state index in [1.807, 2.05) is 37.4 Å². The fourth-order valence-electron chi connectivity index (χ4n) is 2.46. The largest absolute Gasteiger partial charge is 0.484 e. The number of benzene rings is 1. The minimum atomic E-state index is -0.305. The number of aryl methyl sites for hydroxylation is 1. The van der Waals surface area contributed by atoms with Crippen LogP contribution in [0.4, 0.5) is 5.69 Å². The summed E-state index contributed by atoms with van der Waals surface area (Å²) in [7, 11) is 0. The van der Waals surface area contributed by atoms with Crippen LogP contribution < -0.4 is 15.4 Å². The zero-order chi connectivity index (χ0) is 19.9. The number of para-hydroxylation sites is 1. The number of nitrogens with zero attached hydrogens (tertiary/aromatic N) is 3. The van der Waals surface area contributed by atoms with Crippen molar-refractivity contribution in [3.05, 3.63) is 58.8 Å². The van der Waals surface area contributed by atoms with Gasteiger partial charge in [-0.15, -0.1) is 11.3 Å². The second kappa shape index (κ2) is 9.14. The van der Waals surface area contributed by atoms with Crippen molar-refractivity contribution in [1.82, 2.24) is 20.1 Å². The lowest BCUT2D eigenvalue weighted by Gasteiger charge is -2.11. The first kappa shape index (κ1) is 19.6. The Morgan fingerprint density at radius 2 is 2.04 bits per heavy atom. The number of carbonyl (C=O) groups is 2. The molecule has 1 aromatic carbocycles. The second-order valence-electron chi connectivity index (χ2n) is 6.16. The first-order valence-corrected chi connectivity index (χ1v) is 9.59. The molecule has 0 aliphatic heterocycles. The van der Waals surface area contributed by atoms with E-state index in [0.717, 1.165) is 10.7 Å². The number of thiazole rings is 1. The van der Waals surface area contributed by atoms with Crippen LogP contribution in [0.15, 0.2) is 48.1 Å². The van der Waals surface area contributed by atoms with Gasteiger partial charge in [0.15, 0.2) is 6.61 Å². The third-order valence-electron chi connectivity index (χ3n) is 3.79. The molecule has 2 amide bonds. The monoisotopic (exact) mass is 399 g/mol. The predicted octanol–water partition coefficient (Wildman–Crippen LogP) is 2.54. The molecule has 0 unspecified atom stereocenters. The fraction of sp³-hybridized carbons (Fsp3) is 0.263.